The first-order valence-electron chi connectivity index (χ1n) is 8.78. The molecule has 10 heteroatoms. The highest BCUT2D eigenvalue weighted by atomic mass is 32.2. The molecule has 156 valence electrons. The summed E-state index contributed by atoms with van der Waals surface area (Å²) in [5, 5.41) is 10.6. The minimum Gasteiger partial charge on any atom is -0.326 e. The lowest BCUT2D eigenvalue weighted by molar-refractivity contribution is -0.129. The van der Waals surface area contributed by atoms with Gasteiger partial charge >= 0.3 is 0 Å². The fourth-order valence-electron chi connectivity index (χ4n) is 2.67. The molecule has 0 saturated heterocycles. The number of hydroxylamine groups is 1. The van der Waals surface area contributed by atoms with Crippen molar-refractivity contribution >= 4 is 40.2 Å². The van der Waals surface area contributed by atoms with Crippen LogP contribution in [0.1, 0.15) is 18.9 Å². The van der Waals surface area contributed by atoms with Crippen molar-refractivity contribution < 1.29 is 23.2 Å². The largest absolute Gasteiger partial charge is 0.326 e. The third-order valence-electron chi connectivity index (χ3n) is 4.06. The van der Waals surface area contributed by atoms with E-state index in [1.54, 1.807) is 0 Å². The smallest absolute Gasteiger partial charge is 0.244 e. The summed E-state index contributed by atoms with van der Waals surface area (Å²) in [6.07, 6.45) is 0.0967. The Hall–Kier alpha value is -2.40. The number of carbonyl (C=O) groups is 2. The van der Waals surface area contributed by atoms with E-state index < -0.39 is 21.3 Å². The maximum absolute atomic E-state index is 13.2. The molecule has 2 amide bonds. The number of thiol groups is 1. The average molecular weight is 438 g/mol. The Kier molecular flexibility index (Phi) is 8.21. The fraction of sp³-hybridized carbons (Fsp3) is 0.263. The van der Waals surface area contributed by atoms with Crippen molar-refractivity contribution in [2.45, 2.75) is 30.0 Å². The number of carbonyl (C=O) groups excluding carboxylic acids is 2. The van der Waals surface area contributed by atoms with Gasteiger partial charge in [0, 0.05) is 25.6 Å². The number of nitrogens with one attached hydrogen (secondary N) is 2. The summed E-state index contributed by atoms with van der Waals surface area (Å²) in [5.41, 5.74) is 2.86. The molecular formula is C19H23N3O5S2. The minimum absolute atomic E-state index is 0.00289. The summed E-state index contributed by atoms with van der Waals surface area (Å²) < 4.78 is 27.5. The SMILES string of the molecule is CC(=O)Nc1ccc(S(=O)(=O)N(CCC(=O)NO)C(S)Cc2ccccc2)cc1. The fourth-order valence-corrected chi connectivity index (χ4v) is 4.85. The number of sulfonamides is 1. The van der Waals surface area contributed by atoms with E-state index in [0.29, 0.717) is 12.1 Å². The van der Waals surface area contributed by atoms with Crippen molar-refractivity contribution in [3.05, 3.63) is 60.2 Å². The first-order valence-corrected chi connectivity index (χ1v) is 10.7. The van der Waals surface area contributed by atoms with Crippen LogP contribution in [0.15, 0.2) is 59.5 Å². The van der Waals surface area contributed by atoms with Crippen LogP contribution < -0.4 is 10.8 Å². The summed E-state index contributed by atoms with van der Waals surface area (Å²) >= 11 is 4.47. The lowest BCUT2D eigenvalue weighted by atomic mass is 10.1. The standard InChI is InChI=1S/C19H23N3O5S2/c1-14(23)20-16-7-9-17(10-8-16)29(26,27)22(12-11-18(24)21-25)19(28)13-15-5-3-2-4-6-15/h2-10,19,25,28H,11-13H2,1H3,(H,20,23)(H,21,24). The highest BCUT2D eigenvalue weighted by Gasteiger charge is 2.30. The van der Waals surface area contributed by atoms with Gasteiger partial charge in [-0.3, -0.25) is 14.8 Å². The Morgan fingerprint density at radius 2 is 1.72 bits per heavy atom. The van der Waals surface area contributed by atoms with E-state index in [1.807, 2.05) is 30.3 Å². The summed E-state index contributed by atoms with van der Waals surface area (Å²) in [7, 11) is -3.99. The predicted molar refractivity (Wildman–Crippen MR) is 112 cm³/mol. The second-order valence-corrected chi connectivity index (χ2v) is 8.76. The number of rotatable bonds is 9. The molecule has 0 aliphatic carbocycles. The van der Waals surface area contributed by atoms with Crippen LogP contribution in [0.4, 0.5) is 5.69 Å². The molecule has 0 bridgehead atoms. The van der Waals surface area contributed by atoms with E-state index in [-0.39, 0.29) is 23.8 Å². The van der Waals surface area contributed by atoms with Crippen LogP contribution in [0, 0.1) is 0 Å². The van der Waals surface area contributed by atoms with Gasteiger partial charge < -0.3 is 5.32 Å². The summed E-state index contributed by atoms with van der Waals surface area (Å²) in [4.78, 5) is 22.6. The molecule has 1 atom stereocenters. The summed E-state index contributed by atoms with van der Waals surface area (Å²) in [5.74, 6) is -0.970. The molecule has 2 rings (SSSR count). The van der Waals surface area contributed by atoms with Gasteiger partial charge in [-0.1, -0.05) is 30.3 Å². The van der Waals surface area contributed by atoms with E-state index >= 15 is 0 Å². The number of nitrogens with zero attached hydrogens (tertiary/aromatic N) is 1. The van der Waals surface area contributed by atoms with Crippen molar-refractivity contribution in [1.29, 1.82) is 0 Å². The van der Waals surface area contributed by atoms with Crippen molar-refractivity contribution in [2.24, 2.45) is 0 Å². The highest BCUT2D eigenvalue weighted by molar-refractivity contribution is 7.90. The van der Waals surface area contributed by atoms with Gasteiger partial charge in [-0.25, -0.2) is 13.9 Å². The molecule has 0 aromatic heterocycles. The second-order valence-electron chi connectivity index (χ2n) is 6.28. The lowest BCUT2D eigenvalue weighted by Gasteiger charge is -2.27. The van der Waals surface area contributed by atoms with E-state index in [9.17, 15) is 18.0 Å². The third kappa shape index (κ3) is 6.57. The van der Waals surface area contributed by atoms with E-state index in [2.05, 4.69) is 17.9 Å². The maximum atomic E-state index is 13.2. The number of anilines is 1. The van der Waals surface area contributed by atoms with Crippen LogP contribution >= 0.6 is 12.6 Å². The van der Waals surface area contributed by atoms with Gasteiger partial charge in [0.25, 0.3) is 0 Å². The molecule has 0 fully saturated rings. The molecule has 2 aromatic carbocycles. The van der Waals surface area contributed by atoms with Crippen LogP contribution in [0.3, 0.4) is 0 Å². The first-order chi connectivity index (χ1) is 13.7. The van der Waals surface area contributed by atoms with Crippen molar-refractivity contribution in [3.8, 4) is 0 Å². The van der Waals surface area contributed by atoms with Crippen LogP contribution in [-0.2, 0) is 26.0 Å². The van der Waals surface area contributed by atoms with E-state index in [1.165, 1.54) is 36.7 Å². The van der Waals surface area contributed by atoms with Gasteiger partial charge in [-0.05, 0) is 36.2 Å². The van der Waals surface area contributed by atoms with Crippen LogP contribution in [-0.4, -0.2) is 41.7 Å². The molecule has 0 spiro atoms. The normalized spacial score (nSPS) is 12.4. The Morgan fingerprint density at radius 3 is 2.28 bits per heavy atom. The van der Waals surface area contributed by atoms with Crippen LogP contribution in [0.5, 0.6) is 0 Å². The summed E-state index contributed by atoms with van der Waals surface area (Å²) in [6, 6.07) is 15.0. The molecule has 0 aliphatic heterocycles. The highest BCUT2D eigenvalue weighted by Crippen LogP contribution is 2.24. The van der Waals surface area contributed by atoms with Gasteiger partial charge in [0.2, 0.25) is 21.8 Å². The maximum Gasteiger partial charge on any atom is 0.244 e. The molecule has 3 N–H and O–H groups in total. The molecule has 8 nitrogen and oxygen atoms in total. The van der Waals surface area contributed by atoms with Crippen LogP contribution in [0.25, 0.3) is 0 Å². The predicted octanol–water partition coefficient (Wildman–Crippen LogP) is 2.03. The molecule has 1 unspecified atom stereocenters. The minimum atomic E-state index is -3.99. The first kappa shape index (κ1) is 22.9. The average Bonchev–Trinajstić information content (AvgIpc) is 2.68. The van der Waals surface area contributed by atoms with Crippen molar-refractivity contribution in [3.63, 3.8) is 0 Å². The zero-order chi connectivity index (χ0) is 21.4. The van der Waals surface area contributed by atoms with Gasteiger partial charge in [0.15, 0.2) is 0 Å². The molecule has 0 radical (unpaired) electrons. The summed E-state index contributed by atoms with van der Waals surface area (Å²) in [6.45, 7) is 1.19. The number of benzene rings is 2. The topological polar surface area (TPSA) is 116 Å². The Bertz CT molecular complexity index is 934. The Balaban J connectivity index is 2.29. The molecule has 0 saturated carbocycles. The number of amides is 2. The van der Waals surface area contributed by atoms with Gasteiger partial charge in [0.1, 0.15) is 0 Å². The van der Waals surface area contributed by atoms with Gasteiger partial charge in [0.05, 0.1) is 10.3 Å². The zero-order valence-electron chi connectivity index (χ0n) is 15.8. The quantitative estimate of drug-likeness (QED) is 0.207. The Morgan fingerprint density at radius 1 is 1.10 bits per heavy atom. The van der Waals surface area contributed by atoms with Crippen molar-refractivity contribution in [2.75, 3.05) is 11.9 Å². The molecular weight excluding hydrogens is 414 g/mol. The van der Waals surface area contributed by atoms with Crippen molar-refractivity contribution in [1.82, 2.24) is 9.79 Å². The number of hydrogen-bond donors (Lipinski definition) is 4. The van der Waals surface area contributed by atoms with E-state index in [4.69, 9.17) is 5.21 Å². The zero-order valence-corrected chi connectivity index (χ0v) is 17.5. The molecule has 2 aromatic rings. The van der Waals surface area contributed by atoms with Gasteiger partial charge in [-0.2, -0.15) is 16.9 Å². The molecule has 0 aliphatic rings. The Labute approximate surface area is 175 Å². The van der Waals surface area contributed by atoms with Crippen LogP contribution in [0.2, 0.25) is 0 Å². The van der Waals surface area contributed by atoms with Gasteiger partial charge in [-0.15, -0.1) is 0 Å². The monoisotopic (exact) mass is 437 g/mol. The molecule has 0 heterocycles. The van der Waals surface area contributed by atoms with E-state index in [0.717, 1.165) is 9.87 Å². The number of hydrogen-bond acceptors (Lipinski definition) is 6. The lowest BCUT2D eigenvalue weighted by Crippen LogP contribution is -2.40. The third-order valence-corrected chi connectivity index (χ3v) is 6.60. The second kappa shape index (κ2) is 10.4. The molecule has 29 heavy (non-hydrogen) atoms.